The van der Waals surface area contributed by atoms with Crippen LogP contribution in [0.2, 0.25) is 0 Å². The first-order chi connectivity index (χ1) is 18.2. The van der Waals surface area contributed by atoms with Gasteiger partial charge >= 0.3 is 6.18 Å². The molecule has 3 aromatic carbocycles. The van der Waals surface area contributed by atoms with Crippen molar-refractivity contribution >= 4 is 23.0 Å². The zero-order chi connectivity index (χ0) is 27.1. The maximum absolute atomic E-state index is 13.1. The topological polar surface area (TPSA) is 97.2 Å². The normalized spacial score (nSPS) is 11.1. The van der Waals surface area contributed by atoms with Crippen molar-refractivity contribution in [1.29, 1.82) is 0 Å². The molecular weight excluding hydrogens is 497 g/mol. The van der Waals surface area contributed by atoms with Gasteiger partial charge in [-0.2, -0.15) is 13.2 Å². The summed E-state index contributed by atoms with van der Waals surface area (Å²) in [5.74, 6) is -0.550. The Balaban J connectivity index is 1.47. The number of carbonyl (C=O) groups excluding carboxylic acids is 1. The summed E-state index contributed by atoms with van der Waals surface area (Å²) < 4.78 is 38.8. The van der Waals surface area contributed by atoms with Crippen LogP contribution >= 0.6 is 0 Å². The fraction of sp³-hybridized carbons (Fsp3) is 0.143. The number of amides is 1. The summed E-state index contributed by atoms with van der Waals surface area (Å²) in [5.41, 5.74) is 1.55. The number of nitrogens with zero attached hydrogens (tertiary/aromatic N) is 2. The average Bonchev–Trinajstić information content (AvgIpc) is 2.91. The molecule has 38 heavy (non-hydrogen) atoms. The van der Waals surface area contributed by atoms with E-state index in [-0.39, 0.29) is 16.9 Å². The lowest BCUT2D eigenvalue weighted by atomic mass is 9.98. The Hall–Kier alpha value is -4.73. The molecule has 194 valence electrons. The van der Waals surface area contributed by atoms with E-state index in [1.807, 2.05) is 18.2 Å². The Kier molecular flexibility index (Phi) is 8.00. The highest BCUT2D eigenvalue weighted by Gasteiger charge is 2.30. The lowest BCUT2D eigenvalue weighted by Gasteiger charge is -2.13. The Morgan fingerprint density at radius 2 is 1.68 bits per heavy atom. The van der Waals surface area contributed by atoms with E-state index < -0.39 is 22.6 Å². The van der Waals surface area contributed by atoms with Crippen LogP contribution < -0.4 is 10.6 Å². The lowest BCUT2D eigenvalue weighted by molar-refractivity contribution is -0.383. The van der Waals surface area contributed by atoms with E-state index in [9.17, 15) is 28.1 Å². The molecule has 4 rings (SSSR count). The van der Waals surface area contributed by atoms with Crippen LogP contribution in [0.4, 0.5) is 30.2 Å². The molecule has 1 heterocycles. The van der Waals surface area contributed by atoms with E-state index in [1.54, 1.807) is 30.5 Å². The minimum absolute atomic E-state index is 0.198. The van der Waals surface area contributed by atoms with Gasteiger partial charge in [0.15, 0.2) is 0 Å². The molecule has 4 aromatic rings. The molecule has 2 N–H and O–H groups in total. The fourth-order valence-corrected chi connectivity index (χ4v) is 3.92. The van der Waals surface area contributed by atoms with Gasteiger partial charge in [0, 0.05) is 35.8 Å². The monoisotopic (exact) mass is 520 g/mol. The van der Waals surface area contributed by atoms with Gasteiger partial charge in [0.2, 0.25) is 0 Å². The number of benzene rings is 3. The third kappa shape index (κ3) is 6.52. The molecule has 0 bridgehead atoms. The van der Waals surface area contributed by atoms with Gasteiger partial charge in [-0.3, -0.25) is 19.9 Å². The Labute approximate surface area is 216 Å². The number of anilines is 2. The van der Waals surface area contributed by atoms with Crippen molar-refractivity contribution in [2.24, 2.45) is 0 Å². The number of carbonyl (C=O) groups is 1. The highest BCUT2D eigenvalue weighted by Crippen LogP contribution is 2.33. The molecule has 0 aliphatic carbocycles. The second-order valence-electron chi connectivity index (χ2n) is 8.42. The molecule has 0 radical (unpaired) electrons. The first-order valence-electron chi connectivity index (χ1n) is 11.7. The van der Waals surface area contributed by atoms with E-state index in [1.165, 1.54) is 30.3 Å². The van der Waals surface area contributed by atoms with Gasteiger partial charge in [-0.15, -0.1) is 0 Å². The number of nitro benzene ring substituents is 1. The van der Waals surface area contributed by atoms with Crippen molar-refractivity contribution in [2.45, 2.75) is 19.0 Å². The van der Waals surface area contributed by atoms with Crippen LogP contribution in [0.3, 0.4) is 0 Å². The number of aryl methyl sites for hydroxylation is 1. The summed E-state index contributed by atoms with van der Waals surface area (Å²) in [5, 5.41) is 17.4. The summed E-state index contributed by atoms with van der Waals surface area (Å²) in [6, 6.07) is 20.9. The molecule has 0 saturated carbocycles. The van der Waals surface area contributed by atoms with Crippen molar-refractivity contribution in [1.82, 2.24) is 4.98 Å². The van der Waals surface area contributed by atoms with Crippen LogP contribution in [0, 0.1) is 10.1 Å². The molecule has 1 aromatic heterocycles. The first-order valence-corrected chi connectivity index (χ1v) is 11.7. The molecule has 1 amide bonds. The number of nitro groups is 1. The first kappa shape index (κ1) is 26.3. The predicted octanol–water partition coefficient (Wildman–Crippen LogP) is 6.97. The summed E-state index contributed by atoms with van der Waals surface area (Å²) in [4.78, 5) is 28.5. The van der Waals surface area contributed by atoms with Crippen molar-refractivity contribution in [2.75, 3.05) is 17.2 Å². The third-order valence-corrected chi connectivity index (χ3v) is 5.80. The second kappa shape index (κ2) is 11.5. The number of halogens is 3. The zero-order valence-electron chi connectivity index (χ0n) is 20.0. The van der Waals surface area contributed by atoms with E-state index in [4.69, 9.17) is 0 Å². The molecule has 0 unspecified atom stereocenters. The fourth-order valence-electron chi connectivity index (χ4n) is 3.92. The number of hydrogen-bond donors (Lipinski definition) is 2. The molecule has 0 aliphatic rings. The standard InChI is InChI=1S/C28H23F3N4O3/c29-28(30,31)20-12-10-19(11-13-20)23-8-1-2-9-24(23)27(36)34-22-14-15-25(26(18-22)35(37)38)33-17-5-7-21-6-3-4-16-32-21/h1-4,6,8-16,18,33H,5,7,17H2,(H,34,36). The summed E-state index contributed by atoms with van der Waals surface area (Å²) in [6.07, 6.45) is -1.33. The smallest absolute Gasteiger partial charge is 0.379 e. The van der Waals surface area contributed by atoms with Crippen molar-refractivity contribution in [3.8, 4) is 11.1 Å². The number of rotatable bonds is 9. The minimum atomic E-state index is -4.47. The molecule has 10 heteroatoms. The average molecular weight is 521 g/mol. The number of alkyl halides is 3. The van der Waals surface area contributed by atoms with Crippen LogP contribution in [0.5, 0.6) is 0 Å². The van der Waals surface area contributed by atoms with Crippen molar-refractivity contribution < 1.29 is 22.9 Å². The largest absolute Gasteiger partial charge is 0.416 e. The second-order valence-corrected chi connectivity index (χ2v) is 8.42. The van der Waals surface area contributed by atoms with E-state index in [0.29, 0.717) is 36.2 Å². The number of hydrogen-bond acceptors (Lipinski definition) is 5. The molecule has 0 fully saturated rings. The zero-order valence-corrected chi connectivity index (χ0v) is 20.0. The van der Waals surface area contributed by atoms with Crippen LogP contribution in [-0.2, 0) is 12.6 Å². The Bertz CT molecular complexity index is 1430. The minimum Gasteiger partial charge on any atom is -0.379 e. The van der Waals surface area contributed by atoms with Crippen LogP contribution in [0.1, 0.15) is 28.0 Å². The van der Waals surface area contributed by atoms with Gasteiger partial charge in [-0.1, -0.05) is 36.4 Å². The Morgan fingerprint density at radius 1 is 0.947 bits per heavy atom. The number of pyridine rings is 1. The Morgan fingerprint density at radius 3 is 2.37 bits per heavy atom. The highest BCUT2D eigenvalue weighted by atomic mass is 19.4. The summed E-state index contributed by atoms with van der Waals surface area (Å²) in [6.45, 7) is 0.490. The van der Waals surface area contributed by atoms with E-state index in [2.05, 4.69) is 15.6 Å². The molecular formula is C28H23F3N4O3. The van der Waals surface area contributed by atoms with E-state index in [0.717, 1.165) is 17.8 Å². The highest BCUT2D eigenvalue weighted by molar-refractivity contribution is 6.09. The molecule has 0 saturated heterocycles. The van der Waals surface area contributed by atoms with Gasteiger partial charge < -0.3 is 10.6 Å². The molecule has 0 atom stereocenters. The SMILES string of the molecule is O=C(Nc1ccc(NCCCc2ccccn2)c([N+](=O)[O-])c1)c1ccccc1-c1ccc(C(F)(F)F)cc1. The van der Waals surface area contributed by atoms with Gasteiger partial charge in [-0.05, 0) is 66.4 Å². The van der Waals surface area contributed by atoms with Crippen molar-refractivity contribution in [3.05, 3.63) is 118 Å². The van der Waals surface area contributed by atoms with Crippen LogP contribution in [-0.4, -0.2) is 22.4 Å². The van der Waals surface area contributed by atoms with Gasteiger partial charge in [0.05, 0.1) is 10.5 Å². The lowest BCUT2D eigenvalue weighted by Crippen LogP contribution is -2.14. The van der Waals surface area contributed by atoms with Crippen LogP contribution in [0.25, 0.3) is 11.1 Å². The number of aromatic nitrogens is 1. The summed E-state index contributed by atoms with van der Waals surface area (Å²) >= 11 is 0. The molecule has 0 spiro atoms. The molecule has 0 aliphatic heterocycles. The van der Waals surface area contributed by atoms with E-state index >= 15 is 0 Å². The quantitative estimate of drug-likeness (QED) is 0.141. The van der Waals surface area contributed by atoms with Gasteiger partial charge in [0.25, 0.3) is 11.6 Å². The van der Waals surface area contributed by atoms with Gasteiger partial charge in [0.1, 0.15) is 5.69 Å². The predicted molar refractivity (Wildman–Crippen MR) is 139 cm³/mol. The maximum atomic E-state index is 13.1. The summed E-state index contributed by atoms with van der Waals surface area (Å²) in [7, 11) is 0. The third-order valence-electron chi connectivity index (χ3n) is 5.80. The maximum Gasteiger partial charge on any atom is 0.416 e. The van der Waals surface area contributed by atoms with Crippen LogP contribution in [0.15, 0.2) is 91.1 Å². The van der Waals surface area contributed by atoms with Crippen molar-refractivity contribution in [3.63, 3.8) is 0 Å². The number of nitrogens with one attached hydrogen (secondary N) is 2. The molecule has 7 nitrogen and oxygen atoms in total. The van der Waals surface area contributed by atoms with Gasteiger partial charge in [-0.25, -0.2) is 0 Å².